The number of thioether (sulfide) groups is 1. The molecule has 0 aromatic heterocycles. The van der Waals surface area contributed by atoms with Crippen LogP contribution in [0.2, 0.25) is 0 Å². The molecule has 10 heteroatoms. The number of amides is 3. The smallest absolute Gasteiger partial charge is 0.247 e. The molecule has 2 aliphatic heterocycles. The summed E-state index contributed by atoms with van der Waals surface area (Å²) in [5.41, 5.74) is -0.196. The lowest BCUT2D eigenvalue weighted by Gasteiger charge is -2.34. The zero-order chi connectivity index (χ0) is 17.2. The minimum atomic E-state index is -0.541. The van der Waals surface area contributed by atoms with E-state index < -0.39 is 6.04 Å². The Bertz CT molecular complexity index is 495. The van der Waals surface area contributed by atoms with Gasteiger partial charge in [-0.05, 0) is 32.6 Å². The number of halogens is 2. The molecule has 2 heterocycles. The molecule has 2 fully saturated rings. The van der Waals surface area contributed by atoms with Crippen molar-refractivity contribution in [3.63, 3.8) is 0 Å². The van der Waals surface area contributed by atoms with Crippen LogP contribution in [0.25, 0.3) is 0 Å². The second kappa shape index (κ2) is 9.85. The molecule has 0 aromatic rings. The lowest BCUT2D eigenvalue weighted by atomic mass is 9.89. The van der Waals surface area contributed by atoms with Crippen LogP contribution in [0, 0.1) is 5.41 Å². The molecule has 0 aliphatic carbocycles. The number of nitrogens with one attached hydrogen (secondary N) is 3. The van der Waals surface area contributed by atoms with E-state index in [4.69, 9.17) is 0 Å². The average molecular weight is 415 g/mol. The lowest BCUT2D eigenvalue weighted by Crippen LogP contribution is -2.57. The summed E-state index contributed by atoms with van der Waals surface area (Å²) in [7, 11) is 1.71. The van der Waals surface area contributed by atoms with Gasteiger partial charge < -0.3 is 20.9 Å². The number of rotatable bonds is 5. The summed E-state index contributed by atoms with van der Waals surface area (Å²) in [6, 6.07) is -0.894. The fraction of sp³-hybridized carbons (Fsp3) is 0.800. The quantitative estimate of drug-likeness (QED) is 0.576. The predicted octanol–water partition coefficient (Wildman–Crippen LogP) is 0.716. The minimum Gasteiger partial charge on any atom is -0.343 e. The van der Waals surface area contributed by atoms with Crippen LogP contribution in [0.4, 0.5) is 0 Å². The first kappa shape index (κ1) is 24.3. The van der Waals surface area contributed by atoms with Gasteiger partial charge in [-0.3, -0.25) is 14.4 Å². The fourth-order valence-electron chi connectivity index (χ4n) is 3.17. The highest BCUT2D eigenvalue weighted by Gasteiger charge is 2.51. The first-order valence-corrected chi connectivity index (χ1v) is 8.98. The van der Waals surface area contributed by atoms with Crippen molar-refractivity contribution in [2.75, 3.05) is 12.8 Å². The van der Waals surface area contributed by atoms with Crippen LogP contribution in [0.1, 0.15) is 33.6 Å². The van der Waals surface area contributed by atoms with Gasteiger partial charge in [-0.1, -0.05) is 13.8 Å². The predicted molar refractivity (Wildman–Crippen MR) is 104 cm³/mol. The van der Waals surface area contributed by atoms with Crippen molar-refractivity contribution < 1.29 is 14.4 Å². The van der Waals surface area contributed by atoms with Gasteiger partial charge in [0, 0.05) is 5.41 Å². The largest absolute Gasteiger partial charge is 0.343 e. The Kier molecular flexibility index (Phi) is 9.57. The summed E-state index contributed by atoms with van der Waals surface area (Å²) in [5, 5.41) is 8.54. The molecule has 2 saturated heterocycles. The van der Waals surface area contributed by atoms with Crippen molar-refractivity contribution in [2.45, 2.75) is 57.2 Å². The van der Waals surface area contributed by atoms with E-state index in [1.165, 1.54) is 0 Å². The Morgan fingerprint density at radius 2 is 2.04 bits per heavy atom. The van der Waals surface area contributed by atoms with Gasteiger partial charge in [-0.25, -0.2) is 0 Å². The van der Waals surface area contributed by atoms with Gasteiger partial charge in [0.25, 0.3) is 0 Å². The third-order valence-electron chi connectivity index (χ3n) is 4.67. The van der Waals surface area contributed by atoms with Gasteiger partial charge in [0.15, 0.2) is 0 Å². The molecule has 0 bridgehead atoms. The van der Waals surface area contributed by atoms with Gasteiger partial charge in [-0.15, -0.1) is 36.6 Å². The molecule has 2 aliphatic rings. The van der Waals surface area contributed by atoms with E-state index in [2.05, 4.69) is 16.0 Å². The third kappa shape index (κ3) is 5.15. The summed E-state index contributed by atoms with van der Waals surface area (Å²) in [6.45, 7) is 5.85. The van der Waals surface area contributed by atoms with E-state index in [9.17, 15) is 14.4 Å². The van der Waals surface area contributed by atoms with Crippen LogP contribution < -0.4 is 16.0 Å². The molecular formula is C15H28Cl2N4O3S. The van der Waals surface area contributed by atoms with Gasteiger partial charge in [0.05, 0.1) is 11.4 Å². The molecule has 2 rings (SSSR count). The second-order valence-electron chi connectivity index (χ2n) is 6.81. The molecule has 3 N–H and O–H groups in total. The summed E-state index contributed by atoms with van der Waals surface area (Å²) in [4.78, 5) is 37.8. The number of hydrogen-bond acceptors (Lipinski definition) is 5. The third-order valence-corrected chi connectivity index (χ3v) is 5.92. The minimum absolute atomic E-state index is 0. The first-order chi connectivity index (χ1) is 10.8. The van der Waals surface area contributed by atoms with E-state index in [0.29, 0.717) is 12.8 Å². The average Bonchev–Trinajstić information content (AvgIpc) is 2.66. The van der Waals surface area contributed by atoms with Crippen molar-refractivity contribution in [3.05, 3.63) is 0 Å². The fourth-order valence-corrected chi connectivity index (χ4v) is 4.75. The number of fused-ring (bicyclic) bond motifs is 1. The number of carbonyl (C=O) groups excluding carboxylic acids is 3. The molecule has 0 spiro atoms. The number of likely N-dealkylation sites (N-methyl/N-ethyl adjacent to an activating group) is 1. The molecular weight excluding hydrogens is 387 g/mol. The molecule has 0 radical (unpaired) electrons. The summed E-state index contributed by atoms with van der Waals surface area (Å²) in [5.74, 6) is 0.504. The summed E-state index contributed by atoms with van der Waals surface area (Å²) < 4.78 is 0. The Hall–Kier alpha value is -0.700. The molecule has 7 nitrogen and oxygen atoms in total. The Labute approximate surface area is 165 Å². The normalized spacial score (nSPS) is 28.6. The van der Waals surface area contributed by atoms with Crippen LogP contribution in [0.5, 0.6) is 0 Å². The highest BCUT2D eigenvalue weighted by atomic mass is 35.5. The topological polar surface area (TPSA) is 90.5 Å². The number of nitrogens with zero attached hydrogens (tertiary/aromatic N) is 1. The Morgan fingerprint density at radius 1 is 1.40 bits per heavy atom. The SMILES string of the molecule is CN[C@@H](C)C(=O)NC1CCSC2CC(C)(C)C(NC=O)N2C1=O.Cl.Cl. The maximum atomic E-state index is 13.0. The lowest BCUT2D eigenvalue weighted by molar-refractivity contribution is -0.139. The molecule has 146 valence electrons. The van der Waals surface area contributed by atoms with Gasteiger partial charge >= 0.3 is 0 Å². The maximum absolute atomic E-state index is 13.0. The van der Waals surface area contributed by atoms with Gasteiger partial charge in [0.2, 0.25) is 18.2 Å². The Balaban J connectivity index is 0.00000288. The van der Waals surface area contributed by atoms with Crippen molar-refractivity contribution in [3.8, 4) is 0 Å². The molecule has 3 amide bonds. The van der Waals surface area contributed by atoms with Crippen molar-refractivity contribution in [1.82, 2.24) is 20.9 Å². The van der Waals surface area contributed by atoms with E-state index in [1.807, 2.05) is 13.8 Å². The summed E-state index contributed by atoms with van der Waals surface area (Å²) in [6.07, 6.45) is 1.73. The van der Waals surface area contributed by atoms with Crippen molar-refractivity contribution >= 4 is 54.8 Å². The standard InChI is InChI=1S/C15H26N4O3S.2ClH/c1-9(16-4)12(21)18-10-5-6-23-11-7-15(2,3)14(17-8-20)19(11)13(10)22;;/h8-11,14,16H,5-7H2,1-4H3,(H,17,20)(H,18,21);2*1H/t9-,10?,11?,14?;;/m0../s1. The highest BCUT2D eigenvalue weighted by molar-refractivity contribution is 7.99. The van der Waals surface area contributed by atoms with Crippen molar-refractivity contribution in [2.24, 2.45) is 5.41 Å². The number of hydrogen-bond donors (Lipinski definition) is 3. The van der Waals surface area contributed by atoms with Crippen LogP contribution >= 0.6 is 36.6 Å². The molecule has 25 heavy (non-hydrogen) atoms. The monoisotopic (exact) mass is 414 g/mol. The van der Waals surface area contributed by atoms with Crippen LogP contribution in [-0.4, -0.2) is 59.5 Å². The van der Waals surface area contributed by atoms with Crippen LogP contribution in [0.3, 0.4) is 0 Å². The molecule has 0 saturated carbocycles. The molecule has 0 aromatic carbocycles. The maximum Gasteiger partial charge on any atom is 0.247 e. The first-order valence-electron chi connectivity index (χ1n) is 7.93. The molecule has 3 unspecified atom stereocenters. The zero-order valence-corrected chi connectivity index (χ0v) is 17.4. The van der Waals surface area contributed by atoms with Crippen LogP contribution in [-0.2, 0) is 14.4 Å². The van der Waals surface area contributed by atoms with E-state index in [1.54, 1.807) is 30.6 Å². The summed E-state index contributed by atoms with van der Waals surface area (Å²) >= 11 is 1.72. The van der Waals surface area contributed by atoms with Gasteiger partial charge in [0.1, 0.15) is 12.2 Å². The zero-order valence-electron chi connectivity index (χ0n) is 14.9. The second-order valence-corrected chi connectivity index (χ2v) is 8.10. The van der Waals surface area contributed by atoms with Crippen molar-refractivity contribution in [1.29, 1.82) is 0 Å². The molecule has 4 atom stereocenters. The van der Waals surface area contributed by atoms with Crippen LogP contribution in [0.15, 0.2) is 0 Å². The van der Waals surface area contributed by atoms with E-state index in [0.717, 1.165) is 12.2 Å². The highest BCUT2D eigenvalue weighted by Crippen LogP contribution is 2.44. The van der Waals surface area contributed by atoms with E-state index in [-0.39, 0.29) is 59.6 Å². The van der Waals surface area contributed by atoms with E-state index >= 15 is 0 Å². The van der Waals surface area contributed by atoms with Gasteiger partial charge in [-0.2, -0.15) is 0 Å². The Morgan fingerprint density at radius 3 is 2.60 bits per heavy atom. The number of carbonyl (C=O) groups is 3.